The van der Waals surface area contributed by atoms with E-state index in [2.05, 4.69) is 41.0 Å². The van der Waals surface area contributed by atoms with Crippen molar-refractivity contribution in [3.63, 3.8) is 0 Å². The largest absolute Gasteiger partial charge is 0.325 e. The minimum atomic E-state index is 0. The predicted molar refractivity (Wildman–Crippen MR) is 101 cm³/mol. The summed E-state index contributed by atoms with van der Waals surface area (Å²) in [5.74, 6) is 2.28. The lowest BCUT2D eigenvalue weighted by atomic mass is 10.0. The van der Waals surface area contributed by atoms with Crippen LogP contribution in [0.15, 0.2) is 30.3 Å². The van der Waals surface area contributed by atoms with E-state index >= 15 is 0 Å². The highest BCUT2D eigenvalue weighted by Gasteiger charge is 2.19. The Morgan fingerprint density at radius 2 is 2.04 bits per heavy atom. The van der Waals surface area contributed by atoms with Gasteiger partial charge in [-0.05, 0) is 35.4 Å². The molecule has 1 amide bonds. The summed E-state index contributed by atoms with van der Waals surface area (Å²) in [5.41, 5.74) is 3.78. The summed E-state index contributed by atoms with van der Waals surface area (Å²) in [7, 11) is 0. The molecular weight excluding hydrogens is 328 g/mol. The lowest BCUT2D eigenvalue weighted by Crippen LogP contribution is -2.39. The van der Waals surface area contributed by atoms with Crippen LogP contribution in [-0.4, -0.2) is 30.0 Å². The predicted octanol–water partition coefficient (Wildman–Crippen LogP) is 3.39. The number of thioether (sulfide) groups is 1. The van der Waals surface area contributed by atoms with Gasteiger partial charge in [0.2, 0.25) is 5.91 Å². The molecule has 2 N–H and O–H groups in total. The number of rotatable bonds is 3. The Bertz CT molecular complexity index is 718. The number of anilines is 1. The van der Waals surface area contributed by atoms with Crippen LogP contribution >= 0.6 is 24.2 Å². The summed E-state index contributed by atoms with van der Waals surface area (Å²) in [6.45, 7) is 1.00. The minimum absolute atomic E-state index is 0. The Hall–Kier alpha value is -1.23. The third kappa shape index (κ3) is 3.35. The summed E-state index contributed by atoms with van der Waals surface area (Å²) >= 11 is 1.92. The highest BCUT2D eigenvalue weighted by Crippen LogP contribution is 2.35. The molecule has 23 heavy (non-hydrogen) atoms. The van der Waals surface area contributed by atoms with Crippen LogP contribution in [0.3, 0.4) is 0 Å². The summed E-state index contributed by atoms with van der Waals surface area (Å²) < 4.78 is 0. The molecule has 1 saturated heterocycles. The quantitative estimate of drug-likeness (QED) is 0.893. The van der Waals surface area contributed by atoms with Crippen molar-refractivity contribution in [1.29, 1.82) is 0 Å². The number of halogens is 1. The second-order valence-corrected chi connectivity index (χ2v) is 7.24. The molecule has 0 aromatic heterocycles. The van der Waals surface area contributed by atoms with Crippen molar-refractivity contribution in [2.75, 3.05) is 23.4 Å². The third-order valence-electron chi connectivity index (χ3n) is 4.58. The van der Waals surface area contributed by atoms with Gasteiger partial charge in [0, 0.05) is 41.6 Å². The van der Waals surface area contributed by atoms with Crippen LogP contribution in [0, 0.1) is 0 Å². The zero-order valence-corrected chi connectivity index (χ0v) is 14.6. The normalized spacial score (nSPS) is 19.4. The van der Waals surface area contributed by atoms with Crippen LogP contribution < -0.4 is 10.6 Å². The Morgan fingerprint density at radius 1 is 1.22 bits per heavy atom. The minimum Gasteiger partial charge on any atom is -0.325 e. The standard InChI is InChI=1S/C18H20N2OS.ClH/c21-17(10-14-11-22-9-8-19-14)20-16-7-6-13-5-4-12-2-1-3-15(16)18(12)13;/h1-3,6-7,14,19H,4-5,8-11H2,(H,20,21);1H. The molecule has 0 saturated carbocycles. The van der Waals surface area contributed by atoms with Crippen molar-refractivity contribution in [2.24, 2.45) is 0 Å². The summed E-state index contributed by atoms with van der Waals surface area (Å²) in [6.07, 6.45) is 2.79. The molecule has 0 bridgehead atoms. The number of nitrogens with one attached hydrogen (secondary N) is 2. The number of aryl methyl sites for hydroxylation is 2. The van der Waals surface area contributed by atoms with E-state index in [-0.39, 0.29) is 18.3 Å². The first kappa shape index (κ1) is 16.6. The van der Waals surface area contributed by atoms with Gasteiger partial charge in [-0.2, -0.15) is 11.8 Å². The van der Waals surface area contributed by atoms with Gasteiger partial charge in [-0.15, -0.1) is 12.4 Å². The van der Waals surface area contributed by atoms with E-state index in [4.69, 9.17) is 0 Å². The fourth-order valence-corrected chi connectivity index (χ4v) is 4.48. The van der Waals surface area contributed by atoms with Crippen molar-refractivity contribution in [3.05, 3.63) is 41.5 Å². The molecule has 3 nitrogen and oxygen atoms in total. The highest BCUT2D eigenvalue weighted by molar-refractivity contribution is 7.99. The van der Waals surface area contributed by atoms with Crippen molar-refractivity contribution in [3.8, 4) is 0 Å². The topological polar surface area (TPSA) is 41.1 Å². The van der Waals surface area contributed by atoms with Gasteiger partial charge in [0.1, 0.15) is 0 Å². The molecular formula is C18H21ClN2OS. The molecule has 2 aromatic carbocycles. The monoisotopic (exact) mass is 348 g/mol. The molecule has 2 aromatic rings. The maximum absolute atomic E-state index is 12.3. The molecule has 1 unspecified atom stereocenters. The number of hydrogen-bond acceptors (Lipinski definition) is 3. The first-order valence-corrected chi connectivity index (χ1v) is 9.11. The highest BCUT2D eigenvalue weighted by atomic mass is 35.5. The van der Waals surface area contributed by atoms with E-state index in [1.54, 1.807) is 0 Å². The SMILES string of the molecule is Cl.O=C(CC1CSCCN1)Nc1ccc2c3c(cccc13)CC2. The Labute approximate surface area is 147 Å². The van der Waals surface area contributed by atoms with Crippen LogP contribution in [0.2, 0.25) is 0 Å². The van der Waals surface area contributed by atoms with Crippen molar-refractivity contribution < 1.29 is 4.79 Å². The molecule has 1 aliphatic heterocycles. The Kier molecular flexibility index (Phi) is 5.14. The van der Waals surface area contributed by atoms with Crippen LogP contribution in [-0.2, 0) is 17.6 Å². The van der Waals surface area contributed by atoms with Crippen molar-refractivity contribution in [1.82, 2.24) is 5.32 Å². The molecule has 1 heterocycles. The lowest BCUT2D eigenvalue weighted by Gasteiger charge is -2.22. The van der Waals surface area contributed by atoms with Gasteiger partial charge in [0.15, 0.2) is 0 Å². The molecule has 0 radical (unpaired) electrons. The average Bonchev–Trinajstić information content (AvgIpc) is 2.96. The van der Waals surface area contributed by atoms with E-state index in [1.165, 1.54) is 21.9 Å². The van der Waals surface area contributed by atoms with E-state index in [0.717, 1.165) is 36.6 Å². The Balaban J connectivity index is 0.00000156. The van der Waals surface area contributed by atoms with E-state index in [9.17, 15) is 4.79 Å². The first-order chi connectivity index (χ1) is 10.8. The fourth-order valence-electron chi connectivity index (χ4n) is 3.53. The molecule has 122 valence electrons. The average molecular weight is 349 g/mol. The molecule has 1 aliphatic carbocycles. The molecule has 2 aliphatic rings. The number of carbonyl (C=O) groups excluding carboxylic acids is 1. The van der Waals surface area contributed by atoms with E-state index in [1.807, 2.05) is 11.8 Å². The molecule has 4 rings (SSSR count). The molecule has 0 spiro atoms. The summed E-state index contributed by atoms with van der Waals surface area (Å²) in [6, 6.07) is 11.0. The second kappa shape index (κ2) is 7.12. The number of amides is 1. The van der Waals surface area contributed by atoms with E-state index < -0.39 is 0 Å². The van der Waals surface area contributed by atoms with Gasteiger partial charge in [0.05, 0.1) is 0 Å². The Morgan fingerprint density at radius 3 is 2.83 bits per heavy atom. The van der Waals surface area contributed by atoms with Crippen LogP contribution in [0.25, 0.3) is 10.8 Å². The van der Waals surface area contributed by atoms with Crippen LogP contribution in [0.1, 0.15) is 17.5 Å². The fraction of sp³-hybridized carbons (Fsp3) is 0.389. The van der Waals surface area contributed by atoms with Gasteiger partial charge >= 0.3 is 0 Å². The maximum atomic E-state index is 12.3. The van der Waals surface area contributed by atoms with Crippen LogP contribution in [0.4, 0.5) is 5.69 Å². The zero-order valence-electron chi connectivity index (χ0n) is 12.9. The van der Waals surface area contributed by atoms with Crippen molar-refractivity contribution in [2.45, 2.75) is 25.3 Å². The van der Waals surface area contributed by atoms with Gasteiger partial charge in [-0.3, -0.25) is 4.79 Å². The molecule has 1 fully saturated rings. The number of carbonyl (C=O) groups is 1. The zero-order chi connectivity index (χ0) is 14.9. The second-order valence-electron chi connectivity index (χ2n) is 6.09. The first-order valence-electron chi connectivity index (χ1n) is 7.96. The van der Waals surface area contributed by atoms with E-state index in [0.29, 0.717) is 12.5 Å². The van der Waals surface area contributed by atoms with Crippen LogP contribution in [0.5, 0.6) is 0 Å². The van der Waals surface area contributed by atoms with Gasteiger partial charge in [-0.25, -0.2) is 0 Å². The summed E-state index contributed by atoms with van der Waals surface area (Å²) in [5, 5.41) is 9.09. The van der Waals surface area contributed by atoms with Gasteiger partial charge in [0.25, 0.3) is 0 Å². The lowest BCUT2D eigenvalue weighted by molar-refractivity contribution is -0.116. The summed E-state index contributed by atoms with van der Waals surface area (Å²) in [4.78, 5) is 12.3. The maximum Gasteiger partial charge on any atom is 0.225 e. The van der Waals surface area contributed by atoms with Gasteiger partial charge in [-0.1, -0.05) is 24.3 Å². The molecule has 1 atom stereocenters. The molecule has 5 heteroatoms. The third-order valence-corrected chi connectivity index (χ3v) is 5.71. The number of benzene rings is 2. The van der Waals surface area contributed by atoms with Crippen molar-refractivity contribution >= 4 is 46.5 Å². The smallest absolute Gasteiger partial charge is 0.225 e. The number of hydrogen-bond donors (Lipinski definition) is 2. The van der Waals surface area contributed by atoms with Gasteiger partial charge < -0.3 is 10.6 Å².